The van der Waals surface area contributed by atoms with Crippen molar-refractivity contribution >= 4 is 45.0 Å². The van der Waals surface area contributed by atoms with E-state index < -0.39 is 6.00 Å². The lowest BCUT2D eigenvalue weighted by molar-refractivity contribution is -0.117. The monoisotopic (exact) mass is 284 g/mol. The highest BCUT2D eigenvalue weighted by Gasteiger charge is 2.32. The summed E-state index contributed by atoms with van der Waals surface area (Å²) in [6.07, 6.45) is 3.56. The molecule has 0 saturated heterocycles. The van der Waals surface area contributed by atoms with Crippen LogP contribution in [0.5, 0.6) is 0 Å². The van der Waals surface area contributed by atoms with Crippen molar-refractivity contribution in [3.05, 3.63) is 11.6 Å². The van der Waals surface area contributed by atoms with Crippen LogP contribution >= 0.6 is 33.2 Å². The lowest BCUT2D eigenvalue weighted by Crippen LogP contribution is -2.24. The van der Waals surface area contributed by atoms with E-state index in [1.54, 1.807) is 0 Å². The number of hydrogen-bond donors (Lipinski definition) is 0. The third-order valence-electron chi connectivity index (χ3n) is 2.97. The molecular weight excluding hydrogens is 271 g/mol. The fraction of sp³-hybridized carbons (Fsp3) is 0.700. The second kappa shape index (κ2) is 5.22. The van der Waals surface area contributed by atoms with E-state index in [2.05, 4.69) is 6.92 Å². The van der Waals surface area contributed by atoms with Crippen LogP contribution in [0, 0.1) is 11.8 Å². The van der Waals surface area contributed by atoms with Crippen LogP contribution < -0.4 is 0 Å². The molecule has 0 saturated carbocycles. The van der Waals surface area contributed by atoms with Crippen LogP contribution in [0.25, 0.3) is 0 Å². The number of ketones is 1. The Kier molecular flexibility index (Phi) is 4.72. The number of Topliss-reactive ketones (excluding diaryl/α,β-unsaturated/α-hetero) is 1. The first kappa shape index (κ1) is 13.6. The predicted molar refractivity (Wildman–Crippen MR) is 68.8 cm³/mol. The van der Waals surface area contributed by atoms with Gasteiger partial charge in [0.2, 0.25) is 0 Å². The number of carbonyl (C=O) groups is 1. The van der Waals surface area contributed by atoms with Gasteiger partial charge in [-0.2, -0.15) is 0 Å². The number of allylic oxidation sites excluding steroid dienone is 2. The lowest BCUT2D eigenvalue weighted by atomic mass is 9.82. The van der Waals surface area contributed by atoms with Crippen molar-refractivity contribution in [1.82, 2.24) is 0 Å². The molecule has 0 heterocycles. The van der Waals surface area contributed by atoms with Crippen LogP contribution in [0.3, 0.4) is 0 Å². The maximum Gasteiger partial charge on any atom is 0.341 e. The largest absolute Gasteiger partial charge is 0.341 e. The highest BCUT2D eigenvalue weighted by atomic mass is 35.8. The second-order valence-electron chi connectivity index (χ2n) is 4.31. The van der Waals surface area contributed by atoms with Crippen molar-refractivity contribution < 1.29 is 4.79 Å². The minimum atomic E-state index is -2.56. The van der Waals surface area contributed by atoms with Crippen molar-refractivity contribution in [3.8, 4) is 0 Å². The average Bonchev–Trinajstić information content (AvgIpc) is 2.06. The Bertz CT molecular complexity index is 283. The van der Waals surface area contributed by atoms with E-state index in [0.29, 0.717) is 24.3 Å². The van der Waals surface area contributed by atoms with Gasteiger partial charge in [-0.1, -0.05) is 13.0 Å². The smallest absolute Gasteiger partial charge is 0.295 e. The van der Waals surface area contributed by atoms with Gasteiger partial charge in [0, 0.05) is 6.42 Å². The summed E-state index contributed by atoms with van der Waals surface area (Å²) in [6, 6.07) is -1.92. The quantitative estimate of drug-likeness (QED) is 0.561. The third kappa shape index (κ3) is 4.47. The standard InChI is InChI=1S/C10H15Cl3OSi/c1-7-3-4-9(5-10(7)14)8(2)6-15(11,12)13/h3,8-9H,4-6H2,1-2H3. The van der Waals surface area contributed by atoms with Crippen molar-refractivity contribution in [1.29, 1.82) is 0 Å². The zero-order valence-corrected chi connectivity index (χ0v) is 12.2. The van der Waals surface area contributed by atoms with Crippen LogP contribution in [0.15, 0.2) is 11.6 Å². The molecule has 2 atom stereocenters. The number of halogens is 3. The molecule has 2 unspecified atom stereocenters. The summed E-state index contributed by atoms with van der Waals surface area (Å²) >= 11 is 17.6. The molecule has 86 valence electrons. The van der Waals surface area contributed by atoms with Gasteiger partial charge in [0.05, 0.1) is 0 Å². The number of hydrogen-bond acceptors (Lipinski definition) is 1. The third-order valence-corrected chi connectivity index (χ3v) is 5.47. The molecule has 0 bridgehead atoms. The predicted octanol–water partition coefficient (Wildman–Crippen LogP) is 4.20. The maximum atomic E-state index is 11.5. The van der Waals surface area contributed by atoms with Gasteiger partial charge in [-0.3, -0.25) is 4.79 Å². The first-order chi connectivity index (χ1) is 6.79. The summed E-state index contributed by atoms with van der Waals surface area (Å²) < 4.78 is 0. The minimum Gasteiger partial charge on any atom is -0.295 e. The van der Waals surface area contributed by atoms with Crippen LogP contribution in [0.1, 0.15) is 26.7 Å². The van der Waals surface area contributed by atoms with E-state index >= 15 is 0 Å². The Morgan fingerprint density at radius 1 is 1.53 bits per heavy atom. The molecule has 1 aliphatic carbocycles. The van der Waals surface area contributed by atoms with Crippen molar-refractivity contribution in [3.63, 3.8) is 0 Å². The fourth-order valence-electron chi connectivity index (χ4n) is 1.89. The molecule has 0 amide bonds. The van der Waals surface area contributed by atoms with Gasteiger partial charge < -0.3 is 0 Å². The number of carbonyl (C=O) groups excluding carboxylic acids is 1. The Hall–Kier alpha value is 0.497. The van der Waals surface area contributed by atoms with Crippen molar-refractivity contribution in [2.45, 2.75) is 32.7 Å². The Balaban J connectivity index is 2.56. The summed E-state index contributed by atoms with van der Waals surface area (Å²) in [7, 11) is 0. The SMILES string of the molecule is CC1=CCC(C(C)C[Si](Cl)(Cl)Cl)CC1=O. The van der Waals surface area contributed by atoms with Gasteiger partial charge in [-0.05, 0) is 36.8 Å². The van der Waals surface area contributed by atoms with Crippen LogP contribution in [0.2, 0.25) is 6.04 Å². The van der Waals surface area contributed by atoms with Crippen LogP contribution in [0.4, 0.5) is 0 Å². The minimum absolute atomic E-state index is 0.240. The van der Waals surface area contributed by atoms with Gasteiger partial charge in [0.15, 0.2) is 5.78 Å². The molecule has 0 radical (unpaired) electrons. The highest BCUT2D eigenvalue weighted by Crippen LogP contribution is 2.36. The van der Waals surface area contributed by atoms with E-state index in [1.165, 1.54) is 0 Å². The van der Waals surface area contributed by atoms with E-state index in [9.17, 15) is 4.79 Å². The average molecular weight is 286 g/mol. The molecule has 1 aliphatic rings. The topological polar surface area (TPSA) is 17.1 Å². The van der Waals surface area contributed by atoms with Crippen LogP contribution in [-0.2, 0) is 4.79 Å². The van der Waals surface area contributed by atoms with E-state index in [0.717, 1.165) is 12.0 Å². The van der Waals surface area contributed by atoms with Crippen molar-refractivity contribution in [2.75, 3.05) is 0 Å². The van der Waals surface area contributed by atoms with Gasteiger partial charge in [-0.15, -0.1) is 33.2 Å². The Labute approximate surface area is 106 Å². The molecule has 0 aromatic carbocycles. The zero-order valence-electron chi connectivity index (χ0n) is 8.90. The first-order valence-corrected chi connectivity index (χ1v) is 10.3. The van der Waals surface area contributed by atoms with Gasteiger partial charge in [-0.25, -0.2) is 0 Å². The summed E-state index contributed by atoms with van der Waals surface area (Å²) in [5, 5.41) is 0. The molecule has 0 N–H and O–H groups in total. The molecule has 1 nitrogen and oxygen atoms in total. The maximum absolute atomic E-state index is 11.5. The van der Waals surface area contributed by atoms with Gasteiger partial charge in [0.25, 0.3) is 0 Å². The fourth-order valence-corrected chi connectivity index (χ4v) is 5.14. The van der Waals surface area contributed by atoms with E-state index in [4.69, 9.17) is 33.2 Å². The van der Waals surface area contributed by atoms with Crippen molar-refractivity contribution in [2.24, 2.45) is 11.8 Å². The molecule has 1 rings (SSSR count). The molecule has 0 aliphatic heterocycles. The summed E-state index contributed by atoms with van der Waals surface area (Å²) in [5.74, 6) is 0.908. The molecule has 15 heavy (non-hydrogen) atoms. The van der Waals surface area contributed by atoms with Gasteiger partial charge in [0.1, 0.15) is 0 Å². The second-order valence-corrected chi connectivity index (χ2v) is 13.5. The zero-order chi connectivity index (χ0) is 11.6. The Morgan fingerprint density at radius 2 is 2.13 bits per heavy atom. The van der Waals surface area contributed by atoms with E-state index in [-0.39, 0.29) is 5.78 Å². The molecule has 0 aromatic heterocycles. The van der Waals surface area contributed by atoms with Gasteiger partial charge >= 0.3 is 6.00 Å². The Morgan fingerprint density at radius 3 is 2.60 bits per heavy atom. The molecular formula is C10H15Cl3OSi. The molecule has 0 fully saturated rings. The highest BCUT2D eigenvalue weighted by molar-refractivity contribution is 7.64. The summed E-state index contributed by atoms with van der Waals surface area (Å²) in [5.41, 5.74) is 0.879. The number of rotatable bonds is 3. The lowest BCUT2D eigenvalue weighted by Gasteiger charge is -2.27. The van der Waals surface area contributed by atoms with E-state index in [1.807, 2.05) is 13.0 Å². The summed E-state index contributed by atoms with van der Waals surface area (Å²) in [6.45, 7) is 3.94. The molecule has 0 aromatic rings. The molecule has 5 heteroatoms. The normalized spacial score (nSPS) is 25.0. The van der Waals surface area contributed by atoms with Crippen LogP contribution in [-0.4, -0.2) is 11.8 Å². The molecule has 0 spiro atoms. The first-order valence-electron chi connectivity index (χ1n) is 5.06. The summed E-state index contributed by atoms with van der Waals surface area (Å²) in [4.78, 5) is 11.5.